The highest BCUT2D eigenvalue weighted by molar-refractivity contribution is 7.13. The number of carbonyl (C=O) groups is 1. The third-order valence-corrected chi connectivity index (χ3v) is 6.01. The van der Waals surface area contributed by atoms with Gasteiger partial charge in [-0.1, -0.05) is 30.7 Å². The first-order valence-corrected chi connectivity index (χ1v) is 10.6. The summed E-state index contributed by atoms with van der Waals surface area (Å²) in [5.41, 5.74) is 3.50. The van der Waals surface area contributed by atoms with Crippen molar-refractivity contribution >= 4 is 28.2 Å². The van der Waals surface area contributed by atoms with E-state index in [9.17, 15) is 4.79 Å². The Hall–Kier alpha value is -3.06. The summed E-state index contributed by atoms with van der Waals surface area (Å²) < 4.78 is 11.2. The van der Waals surface area contributed by atoms with Gasteiger partial charge < -0.3 is 9.15 Å². The van der Waals surface area contributed by atoms with Crippen molar-refractivity contribution in [3.05, 3.63) is 64.5 Å². The molecule has 0 bridgehead atoms. The summed E-state index contributed by atoms with van der Waals surface area (Å²) in [4.78, 5) is 18.8. The highest BCUT2D eigenvalue weighted by Crippen LogP contribution is 2.30. The molecule has 3 aromatic heterocycles. The maximum atomic E-state index is 13.1. The van der Waals surface area contributed by atoms with Crippen molar-refractivity contribution in [2.24, 2.45) is 0 Å². The van der Waals surface area contributed by atoms with Gasteiger partial charge >= 0.3 is 5.97 Å². The quantitative estimate of drug-likeness (QED) is 0.352. The van der Waals surface area contributed by atoms with E-state index in [1.807, 2.05) is 41.8 Å². The van der Waals surface area contributed by atoms with Crippen LogP contribution >= 0.6 is 11.3 Å². The van der Waals surface area contributed by atoms with Crippen LogP contribution in [0.3, 0.4) is 0 Å². The largest absolute Gasteiger partial charge is 0.452 e. The van der Waals surface area contributed by atoms with Crippen LogP contribution in [0.1, 0.15) is 46.8 Å². The van der Waals surface area contributed by atoms with Crippen LogP contribution in [0.2, 0.25) is 0 Å². The molecule has 1 aliphatic carbocycles. The van der Waals surface area contributed by atoms with E-state index in [1.54, 1.807) is 0 Å². The molecule has 6 nitrogen and oxygen atoms in total. The highest BCUT2D eigenvalue weighted by Gasteiger charge is 2.23. The number of fused-ring (bicyclic) bond motifs is 2. The van der Waals surface area contributed by atoms with Gasteiger partial charge in [-0.2, -0.15) is 0 Å². The van der Waals surface area contributed by atoms with Crippen LogP contribution in [-0.2, 0) is 24.2 Å². The van der Waals surface area contributed by atoms with E-state index in [4.69, 9.17) is 14.1 Å². The molecule has 0 saturated heterocycles. The highest BCUT2D eigenvalue weighted by atomic mass is 32.1. The van der Waals surface area contributed by atoms with Gasteiger partial charge in [0.2, 0.25) is 0 Å². The van der Waals surface area contributed by atoms with E-state index < -0.39 is 0 Å². The fourth-order valence-electron chi connectivity index (χ4n) is 3.79. The van der Waals surface area contributed by atoms with Crippen LogP contribution in [0, 0.1) is 0 Å². The molecule has 3 heterocycles. The molecule has 0 unspecified atom stereocenters. The normalized spacial score (nSPS) is 13.8. The number of rotatable bonds is 4. The smallest absolute Gasteiger partial charge is 0.339 e. The van der Waals surface area contributed by atoms with Crippen LogP contribution in [0.5, 0.6) is 0 Å². The van der Waals surface area contributed by atoms with E-state index >= 15 is 0 Å². The number of nitrogens with zero attached hydrogens (tertiary/aromatic N) is 3. The van der Waals surface area contributed by atoms with Gasteiger partial charge in [0, 0.05) is 11.1 Å². The average Bonchev–Trinajstić information content (AvgIpc) is 3.38. The zero-order valence-electron chi connectivity index (χ0n) is 15.8. The molecule has 1 aromatic carbocycles. The molecule has 0 atom stereocenters. The number of carbonyl (C=O) groups excluding carboxylic acids is 1. The van der Waals surface area contributed by atoms with E-state index in [2.05, 4.69) is 10.2 Å². The standard InChI is InChI=1S/C22H19N3O3S/c26-22(27-13-19-24-25-21(28-19)18-11-6-12-29-18)20-14-7-2-1-3-9-16(14)23-17-10-5-4-8-15(17)20/h4-6,8,10-12H,1-3,7,9,13H2. The molecule has 1 aliphatic rings. The average molecular weight is 405 g/mol. The fraction of sp³-hybridized carbons (Fsp3) is 0.273. The van der Waals surface area contributed by atoms with Crippen LogP contribution in [0.4, 0.5) is 0 Å². The number of pyridine rings is 1. The minimum Gasteiger partial charge on any atom is -0.452 e. The SMILES string of the molecule is O=C(OCc1nnc(-c2cccs2)o1)c1c2c(nc3ccccc13)CCCCC2. The van der Waals surface area contributed by atoms with Gasteiger partial charge in [0.15, 0.2) is 6.61 Å². The lowest BCUT2D eigenvalue weighted by Crippen LogP contribution is -2.12. The molecular formula is C22H19N3O3S. The zero-order valence-corrected chi connectivity index (χ0v) is 16.6. The maximum Gasteiger partial charge on any atom is 0.339 e. The summed E-state index contributed by atoms with van der Waals surface area (Å²) in [5, 5.41) is 10.8. The number of esters is 1. The second-order valence-electron chi connectivity index (χ2n) is 7.04. The first-order valence-electron chi connectivity index (χ1n) is 9.73. The van der Waals surface area contributed by atoms with Gasteiger partial charge in [-0.05, 0) is 48.8 Å². The Balaban J connectivity index is 1.44. The molecule has 0 saturated carbocycles. The summed E-state index contributed by atoms with van der Waals surface area (Å²) in [7, 11) is 0. The fourth-order valence-corrected chi connectivity index (χ4v) is 4.44. The third kappa shape index (κ3) is 3.53. The van der Waals surface area contributed by atoms with Crippen LogP contribution in [0.15, 0.2) is 46.2 Å². The van der Waals surface area contributed by atoms with E-state index in [-0.39, 0.29) is 18.5 Å². The molecular weight excluding hydrogens is 386 g/mol. The predicted octanol–water partition coefficient (Wildman–Crippen LogP) is 4.97. The van der Waals surface area contributed by atoms with Crippen molar-refractivity contribution in [3.8, 4) is 10.8 Å². The minimum absolute atomic E-state index is 0.0529. The zero-order chi connectivity index (χ0) is 19.6. The number of aromatic nitrogens is 3. The van der Waals surface area contributed by atoms with Gasteiger partial charge in [-0.25, -0.2) is 4.79 Å². The molecule has 0 amide bonds. The van der Waals surface area contributed by atoms with Crippen molar-refractivity contribution in [1.29, 1.82) is 0 Å². The Labute approximate surface area is 171 Å². The second-order valence-corrected chi connectivity index (χ2v) is 7.99. The van der Waals surface area contributed by atoms with Crippen molar-refractivity contribution in [2.45, 2.75) is 38.7 Å². The first kappa shape index (κ1) is 18.0. The van der Waals surface area contributed by atoms with E-state index in [0.717, 1.165) is 59.1 Å². The summed E-state index contributed by atoms with van der Waals surface area (Å²) in [5.74, 6) is 0.359. The predicted molar refractivity (Wildman–Crippen MR) is 110 cm³/mol. The number of para-hydroxylation sites is 1. The van der Waals surface area contributed by atoms with Crippen LogP contribution < -0.4 is 0 Å². The number of aryl methyl sites for hydroxylation is 1. The Kier molecular flexibility index (Phi) is 4.81. The number of hydrogen-bond donors (Lipinski definition) is 0. The number of ether oxygens (including phenoxy) is 1. The minimum atomic E-state index is -0.363. The van der Waals surface area contributed by atoms with Crippen molar-refractivity contribution in [3.63, 3.8) is 0 Å². The molecule has 0 aliphatic heterocycles. The van der Waals surface area contributed by atoms with Gasteiger partial charge in [0.1, 0.15) is 0 Å². The molecule has 4 aromatic rings. The molecule has 0 fully saturated rings. The van der Waals surface area contributed by atoms with Gasteiger partial charge in [-0.15, -0.1) is 21.5 Å². The molecule has 5 rings (SSSR count). The van der Waals surface area contributed by atoms with Gasteiger partial charge in [-0.3, -0.25) is 4.98 Å². The lowest BCUT2D eigenvalue weighted by molar-refractivity contribution is 0.0439. The van der Waals surface area contributed by atoms with E-state index in [0.29, 0.717) is 11.5 Å². The topological polar surface area (TPSA) is 78.1 Å². The van der Waals surface area contributed by atoms with Crippen LogP contribution in [-0.4, -0.2) is 21.2 Å². The Morgan fingerprint density at radius 2 is 1.97 bits per heavy atom. The molecule has 7 heteroatoms. The molecule has 29 heavy (non-hydrogen) atoms. The Morgan fingerprint density at radius 1 is 1.07 bits per heavy atom. The van der Waals surface area contributed by atoms with Crippen molar-refractivity contribution in [2.75, 3.05) is 0 Å². The third-order valence-electron chi connectivity index (χ3n) is 5.15. The lowest BCUT2D eigenvalue weighted by Gasteiger charge is -2.14. The van der Waals surface area contributed by atoms with E-state index in [1.165, 1.54) is 11.3 Å². The van der Waals surface area contributed by atoms with Gasteiger partial charge in [0.25, 0.3) is 11.8 Å². The number of thiophene rings is 1. The Bertz CT molecular complexity index is 1170. The molecule has 0 N–H and O–H groups in total. The van der Waals surface area contributed by atoms with Gasteiger partial charge in [0.05, 0.1) is 16.0 Å². The molecule has 146 valence electrons. The monoisotopic (exact) mass is 405 g/mol. The summed E-state index contributed by atoms with van der Waals surface area (Å²) in [6.07, 6.45) is 5.05. The summed E-state index contributed by atoms with van der Waals surface area (Å²) in [6.45, 7) is -0.0529. The molecule has 0 radical (unpaired) electrons. The van der Waals surface area contributed by atoms with Crippen molar-refractivity contribution < 1.29 is 13.9 Å². The Morgan fingerprint density at radius 3 is 2.86 bits per heavy atom. The maximum absolute atomic E-state index is 13.1. The molecule has 0 spiro atoms. The second kappa shape index (κ2) is 7.75. The van der Waals surface area contributed by atoms with Crippen LogP contribution in [0.25, 0.3) is 21.7 Å². The summed E-state index contributed by atoms with van der Waals surface area (Å²) in [6, 6.07) is 11.6. The lowest BCUT2D eigenvalue weighted by atomic mass is 9.97. The number of hydrogen-bond acceptors (Lipinski definition) is 7. The van der Waals surface area contributed by atoms with Crippen molar-refractivity contribution in [1.82, 2.24) is 15.2 Å². The number of benzene rings is 1. The first-order chi connectivity index (χ1) is 14.3. The summed E-state index contributed by atoms with van der Waals surface area (Å²) >= 11 is 1.52.